The van der Waals surface area contributed by atoms with Crippen molar-refractivity contribution < 1.29 is 9.53 Å². The standard InChI is InChI=1S/C6H8N2O2S/c1-10-3-8-6(9)5-2-7-4-11-5/h2,4H,3H2,1H3,(H,8,9). The van der Waals surface area contributed by atoms with Crippen molar-refractivity contribution in [3.63, 3.8) is 0 Å². The van der Waals surface area contributed by atoms with Crippen molar-refractivity contribution >= 4 is 17.2 Å². The van der Waals surface area contributed by atoms with Gasteiger partial charge in [-0.15, -0.1) is 11.3 Å². The van der Waals surface area contributed by atoms with Gasteiger partial charge in [0.1, 0.15) is 11.6 Å². The summed E-state index contributed by atoms with van der Waals surface area (Å²) in [4.78, 5) is 15.4. The van der Waals surface area contributed by atoms with E-state index in [4.69, 9.17) is 0 Å². The molecule has 0 radical (unpaired) electrons. The zero-order valence-electron chi connectivity index (χ0n) is 6.03. The van der Waals surface area contributed by atoms with E-state index in [1.54, 1.807) is 5.51 Å². The number of hydrogen-bond donors (Lipinski definition) is 1. The molecule has 0 saturated carbocycles. The van der Waals surface area contributed by atoms with Crippen LogP contribution < -0.4 is 5.32 Å². The summed E-state index contributed by atoms with van der Waals surface area (Å²) in [6, 6.07) is 0. The molecule has 0 unspecified atom stereocenters. The SMILES string of the molecule is COCNC(=O)c1cncs1. The van der Waals surface area contributed by atoms with Crippen molar-refractivity contribution in [3.05, 3.63) is 16.6 Å². The third-order valence-electron chi connectivity index (χ3n) is 1.03. The summed E-state index contributed by atoms with van der Waals surface area (Å²) < 4.78 is 4.66. The van der Waals surface area contributed by atoms with Crippen molar-refractivity contribution in [2.24, 2.45) is 0 Å². The van der Waals surface area contributed by atoms with Crippen LogP contribution in [-0.2, 0) is 4.74 Å². The maximum atomic E-state index is 11.0. The van der Waals surface area contributed by atoms with Gasteiger partial charge >= 0.3 is 0 Å². The van der Waals surface area contributed by atoms with Crippen molar-refractivity contribution in [1.82, 2.24) is 10.3 Å². The average molecular weight is 172 g/mol. The second-order valence-electron chi connectivity index (χ2n) is 1.80. The Morgan fingerprint density at radius 3 is 3.27 bits per heavy atom. The van der Waals surface area contributed by atoms with Gasteiger partial charge in [-0.3, -0.25) is 9.78 Å². The van der Waals surface area contributed by atoms with Gasteiger partial charge in [0.2, 0.25) is 0 Å². The van der Waals surface area contributed by atoms with Crippen molar-refractivity contribution in [1.29, 1.82) is 0 Å². The lowest BCUT2D eigenvalue weighted by atomic mass is 10.5. The predicted octanol–water partition coefficient (Wildman–Crippen LogP) is 0.477. The van der Waals surface area contributed by atoms with E-state index in [-0.39, 0.29) is 12.6 Å². The molecule has 1 aromatic heterocycles. The molecule has 0 spiro atoms. The zero-order valence-corrected chi connectivity index (χ0v) is 6.85. The number of methoxy groups -OCH3 is 1. The fourth-order valence-corrected chi connectivity index (χ4v) is 1.09. The molecule has 5 heteroatoms. The van der Waals surface area contributed by atoms with Crippen LogP contribution in [0.25, 0.3) is 0 Å². The van der Waals surface area contributed by atoms with Crippen LogP contribution in [0.3, 0.4) is 0 Å². The first kappa shape index (κ1) is 8.16. The molecule has 1 heterocycles. The van der Waals surface area contributed by atoms with Crippen molar-refractivity contribution in [2.45, 2.75) is 0 Å². The van der Waals surface area contributed by atoms with E-state index in [9.17, 15) is 4.79 Å². The van der Waals surface area contributed by atoms with E-state index in [1.807, 2.05) is 0 Å². The largest absolute Gasteiger partial charge is 0.364 e. The van der Waals surface area contributed by atoms with Crippen LogP contribution in [0.15, 0.2) is 11.7 Å². The Labute approximate surface area is 68.2 Å². The second-order valence-corrected chi connectivity index (χ2v) is 2.69. The number of amides is 1. The summed E-state index contributed by atoms with van der Waals surface area (Å²) in [5, 5.41) is 2.54. The maximum Gasteiger partial charge on any atom is 0.264 e. The molecule has 1 aromatic rings. The molecule has 11 heavy (non-hydrogen) atoms. The quantitative estimate of drug-likeness (QED) is 0.674. The van der Waals surface area contributed by atoms with E-state index < -0.39 is 0 Å². The first-order valence-electron chi connectivity index (χ1n) is 3.00. The highest BCUT2D eigenvalue weighted by Gasteiger charge is 2.04. The maximum absolute atomic E-state index is 11.0. The summed E-state index contributed by atoms with van der Waals surface area (Å²) >= 11 is 1.30. The van der Waals surface area contributed by atoms with Gasteiger partial charge in [-0.2, -0.15) is 0 Å². The van der Waals surface area contributed by atoms with Gasteiger partial charge in [-0.25, -0.2) is 0 Å². The minimum Gasteiger partial charge on any atom is -0.364 e. The average Bonchev–Trinajstić information content (AvgIpc) is 2.52. The molecule has 60 valence electrons. The van der Waals surface area contributed by atoms with Gasteiger partial charge in [0.25, 0.3) is 5.91 Å². The molecule has 1 N–H and O–H groups in total. The number of thiazole rings is 1. The van der Waals surface area contributed by atoms with Gasteiger partial charge in [-0.1, -0.05) is 0 Å². The normalized spacial score (nSPS) is 9.55. The van der Waals surface area contributed by atoms with Crippen LogP contribution in [0.1, 0.15) is 9.67 Å². The first-order chi connectivity index (χ1) is 5.34. The van der Waals surface area contributed by atoms with Gasteiger partial charge in [0, 0.05) is 7.11 Å². The molecule has 0 aromatic carbocycles. The lowest BCUT2D eigenvalue weighted by molar-refractivity contribution is 0.0876. The summed E-state index contributed by atoms with van der Waals surface area (Å²) in [6.45, 7) is 0.233. The third kappa shape index (κ3) is 2.28. The third-order valence-corrected chi connectivity index (χ3v) is 1.81. The van der Waals surface area contributed by atoms with Gasteiger partial charge in [0.05, 0.1) is 11.7 Å². The number of carbonyl (C=O) groups is 1. The van der Waals surface area contributed by atoms with E-state index in [0.717, 1.165) is 0 Å². The molecule has 0 fully saturated rings. The number of ether oxygens (including phenoxy) is 1. The number of rotatable bonds is 3. The topological polar surface area (TPSA) is 51.2 Å². The molecule has 1 amide bonds. The number of nitrogens with one attached hydrogen (secondary N) is 1. The Bertz CT molecular complexity index is 222. The first-order valence-corrected chi connectivity index (χ1v) is 3.88. The van der Waals surface area contributed by atoms with E-state index in [2.05, 4.69) is 15.0 Å². The fourth-order valence-electron chi connectivity index (χ4n) is 0.553. The highest BCUT2D eigenvalue weighted by Crippen LogP contribution is 2.03. The van der Waals surface area contributed by atoms with Crippen LogP contribution in [0.2, 0.25) is 0 Å². The van der Waals surface area contributed by atoms with E-state index in [1.165, 1.54) is 24.6 Å². The number of carbonyl (C=O) groups excluding carboxylic acids is 1. The highest BCUT2D eigenvalue weighted by atomic mass is 32.1. The molecule has 4 nitrogen and oxygen atoms in total. The van der Waals surface area contributed by atoms with E-state index in [0.29, 0.717) is 4.88 Å². The Morgan fingerprint density at radius 2 is 2.73 bits per heavy atom. The zero-order chi connectivity index (χ0) is 8.10. The molecule has 0 bridgehead atoms. The van der Waals surface area contributed by atoms with Crippen molar-refractivity contribution in [2.75, 3.05) is 13.8 Å². The summed E-state index contributed by atoms with van der Waals surface area (Å²) in [5.41, 5.74) is 1.61. The fraction of sp³-hybridized carbons (Fsp3) is 0.333. The van der Waals surface area contributed by atoms with Crippen LogP contribution in [-0.4, -0.2) is 24.7 Å². The number of nitrogens with zero attached hydrogens (tertiary/aromatic N) is 1. The molecule has 0 aliphatic carbocycles. The Hall–Kier alpha value is -0.940. The number of hydrogen-bond acceptors (Lipinski definition) is 4. The smallest absolute Gasteiger partial charge is 0.264 e. The Balaban J connectivity index is 2.43. The van der Waals surface area contributed by atoms with Gasteiger partial charge in [0.15, 0.2) is 0 Å². The van der Waals surface area contributed by atoms with Crippen molar-refractivity contribution in [3.8, 4) is 0 Å². The monoisotopic (exact) mass is 172 g/mol. The molecule has 0 saturated heterocycles. The van der Waals surface area contributed by atoms with Crippen LogP contribution >= 0.6 is 11.3 Å². The molecule has 0 aliphatic rings. The lowest BCUT2D eigenvalue weighted by Crippen LogP contribution is -2.24. The van der Waals surface area contributed by atoms with Gasteiger partial charge < -0.3 is 10.1 Å². The highest BCUT2D eigenvalue weighted by molar-refractivity contribution is 7.11. The number of aromatic nitrogens is 1. The molecular weight excluding hydrogens is 164 g/mol. The van der Waals surface area contributed by atoms with E-state index >= 15 is 0 Å². The van der Waals surface area contributed by atoms with Crippen LogP contribution in [0.4, 0.5) is 0 Å². The van der Waals surface area contributed by atoms with Gasteiger partial charge in [-0.05, 0) is 0 Å². The minimum absolute atomic E-state index is 0.144. The molecular formula is C6H8N2O2S. The minimum atomic E-state index is -0.144. The van der Waals surface area contributed by atoms with Crippen LogP contribution in [0.5, 0.6) is 0 Å². The molecule has 1 rings (SSSR count). The Morgan fingerprint density at radius 1 is 1.91 bits per heavy atom. The second kappa shape index (κ2) is 4.05. The Kier molecular flexibility index (Phi) is 3.00. The summed E-state index contributed by atoms with van der Waals surface area (Å²) in [5.74, 6) is -0.144. The summed E-state index contributed by atoms with van der Waals surface area (Å²) in [6.07, 6.45) is 1.52. The predicted molar refractivity (Wildman–Crippen MR) is 41.5 cm³/mol. The molecule has 0 atom stereocenters. The molecule has 0 aliphatic heterocycles. The summed E-state index contributed by atoms with van der Waals surface area (Å²) in [7, 11) is 1.52. The van der Waals surface area contributed by atoms with Crippen LogP contribution in [0, 0.1) is 0 Å². The lowest BCUT2D eigenvalue weighted by Gasteiger charge is -1.98.